The third kappa shape index (κ3) is 3.66. The highest BCUT2D eigenvalue weighted by molar-refractivity contribution is 5.79. The molecule has 0 aromatic heterocycles. The minimum atomic E-state index is -0.230. The van der Waals surface area contributed by atoms with E-state index in [1.165, 1.54) is 12.1 Å². The zero-order valence-corrected chi connectivity index (χ0v) is 14.6. The Balaban J connectivity index is 1.42. The number of carbonyl (C=O) groups is 1. The number of hydrogen-bond acceptors (Lipinski definition) is 3. The number of rotatable bonds is 4. The van der Waals surface area contributed by atoms with E-state index in [-0.39, 0.29) is 17.8 Å². The van der Waals surface area contributed by atoms with Gasteiger partial charge in [0.15, 0.2) is 11.5 Å². The van der Waals surface area contributed by atoms with Gasteiger partial charge in [0.2, 0.25) is 5.91 Å². The summed E-state index contributed by atoms with van der Waals surface area (Å²) in [6, 6.07) is 12.4. The van der Waals surface area contributed by atoms with Crippen LogP contribution in [0.2, 0.25) is 0 Å². The molecule has 2 aliphatic heterocycles. The topological polar surface area (TPSA) is 38.8 Å². The molecule has 0 bridgehead atoms. The maximum Gasteiger partial charge on any atom is 0.227 e. The maximum atomic E-state index is 13.1. The number of amides is 1. The fraction of sp³-hybridized carbons (Fsp3) is 0.381. The molecule has 2 aromatic carbocycles. The second-order valence-corrected chi connectivity index (χ2v) is 6.87. The molecule has 1 unspecified atom stereocenters. The van der Waals surface area contributed by atoms with Gasteiger partial charge in [0, 0.05) is 12.6 Å². The van der Waals surface area contributed by atoms with Crippen LogP contribution in [0.5, 0.6) is 11.5 Å². The van der Waals surface area contributed by atoms with Crippen molar-refractivity contribution in [1.29, 1.82) is 0 Å². The van der Waals surface area contributed by atoms with Gasteiger partial charge in [-0.1, -0.05) is 18.2 Å². The van der Waals surface area contributed by atoms with Gasteiger partial charge in [0.05, 0.1) is 6.42 Å². The number of nitrogens with zero attached hydrogens (tertiary/aromatic N) is 1. The van der Waals surface area contributed by atoms with Crippen LogP contribution < -0.4 is 9.47 Å². The maximum absolute atomic E-state index is 13.1. The van der Waals surface area contributed by atoms with E-state index in [4.69, 9.17) is 9.47 Å². The summed E-state index contributed by atoms with van der Waals surface area (Å²) in [4.78, 5) is 14.8. The zero-order valence-electron chi connectivity index (χ0n) is 14.6. The number of hydrogen-bond donors (Lipinski definition) is 0. The Bertz CT molecular complexity index is 790. The van der Waals surface area contributed by atoms with Crippen LogP contribution in [0.25, 0.3) is 0 Å². The van der Waals surface area contributed by atoms with Crippen molar-refractivity contribution in [2.24, 2.45) is 0 Å². The molecule has 0 spiro atoms. The van der Waals surface area contributed by atoms with Crippen molar-refractivity contribution in [3.05, 3.63) is 59.4 Å². The molecule has 4 rings (SSSR count). The molecule has 1 fully saturated rings. The van der Waals surface area contributed by atoms with Crippen LogP contribution in [0, 0.1) is 5.82 Å². The van der Waals surface area contributed by atoms with Crippen LogP contribution in [0.1, 0.15) is 24.0 Å². The minimum absolute atomic E-state index is 0.131. The number of benzene rings is 2. The second-order valence-electron chi connectivity index (χ2n) is 6.87. The highest BCUT2D eigenvalue weighted by atomic mass is 19.1. The molecule has 2 aliphatic rings. The number of carbonyl (C=O) groups excluding carboxylic acids is 1. The summed E-state index contributed by atoms with van der Waals surface area (Å²) in [6.45, 7) is 1.88. The van der Waals surface area contributed by atoms with Gasteiger partial charge in [0.1, 0.15) is 19.0 Å². The molecule has 1 amide bonds. The summed E-state index contributed by atoms with van der Waals surface area (Å²) in [5.74, 6) is 1.35. The van der Waals surface area contributed by atoms with Crippen molar-refractivity contribution >= 4 is 5.91 Å². The normalized spacial score (nSPS) is 18.8. The van der Waals surface area contributed by atoms with Crippen molar-refractivity contribution in [2.45, 2.75) is 31.7 Å². The molecule has 2 heterocycles. The van der Waals surface area contributed by atoms with E-state index in [0.717, 1.165) is 42.7 Å². The minimum Gasteiger partial charge on any atom is -0.486 e. The molecule has 26 heavy (non-hydrogen) atoms. The van der Waals surface area contributed by atoms with Gasteiger partial charge < -0.3 is 14.4 Å². The van der Waals surface area contributed by atoms with E-state index in [9.17, 15) is 9.18 Å². The first kappa shape index (κ1) is 16.9. The third-order valence-electron chi connectivity index (χ3n) is 5.04. The lowest BCUT2D eigenvalue weighted by Gasteiger charge is -2.25. The van der Waals surface area contributed by atoms with Crippen LogP contribution in [-0.2, 0) is 17.6 Å². The Kier molecular flexibility index (Phi) is 4.78. The lowest BCUT2D eigenvalue weighted by atomic mass is 10.0. The SMILES string of the molecule is O=C(Cc1ccc2c(c1)OCCO2)N1CCCC1Cc1ccc(F)cc1. The third-order valence-corrected chi connectivity index (χ3v) is 5.04. The molecule has 2 aromatic rings. The average molecular weight is 355 g/mol. The molecule has 0 saturated carbocycles. The molecule has 0 N–H and O–H groups in total. The van der Waals surface area contributed by atoms with Gasteiger partial charge in [-0.3, -0.25) is 4.79 Å². The number of fused-ring (bicyclic) bond motifs is 1. The number of ether oxygens (including phenoxy) is 2. The van der Waals surface area contributed by atoms with E-state index in [2.05, 4.69) is 0 Å². The highest BCUT2D eigenvalue weighted by Crippen LogP contribution is 2.31. The van der Waals surface area contributed by atoms with Crippen LogP contribution in [-0.4, -0.2) is 36.6 Å². The van der Waals surface area contributed by atoms with Crippen LogP contribution in [0.15, 0.2) is 42.5 Å². The van der Waals surface area contributed by atoms with Gasteiger partial charge in [-0.15, -0.1) is 0 Å². The number of likely N-dealkylation sites (tertiary alicyclic amines) is 1. The largest absolute Gasteiger partial charge is 0.486 e. The first-order valence-electron chi connectivity index (χ1n) is 9.11. The van der Waals surface area contributed by atoms with Crippen molar-refractivity contribution in [1.82, 2.24) is 4.90 Å². The Labute approximate surface area is 152 Å². The van der Waals surface area contributed by atoms with Crippen molar-refractivity contribution in [3.8, 4) is 11.5 Å². The summed E-state index contributed by atoms with van der Waals surface area (Å²) in [5, 5.41) is 0. The Morgan fingerprint density at radius 3 is 2.58 bits per heavy atom. The Morgan fingerprint density at radius 1 is 1.04 bits per heavy atom. The van der Waals surface area contributed by atoms with Gasteiger partial charge in [-0.05, 0) is 54.7 Å². The average Bonchev–Trinajstić information content (AvgIpc) is 3.12. The van der Waals surface area contributed by atoms with Crippen LogP contribution in [0.3, 0.4) is 0 Å². The molecule has 136 valence electrons. The standard InChI is InChI=1S/C21H22FNO3/c22-17-6-3-15(4-7-17)12-18-2-1-9-23(18)21(24)14-16-5-8-19-20(13-16)26-11-10-25-19/h3-8,13,18H,1-2,9-12,14H2. The van der Waals surface area contributed by atoms with E-state index >= 15 is 0 Å². The molecule has 1 saturated heterocycles. The Morgan fingerprint density at radius 2 is 1.77 bits per heavy atom. The van der Waals surface area contributed by atoms with Crippen molar-refractivity contribution < 1.29 is 18.7 Å². The smallest absolute Gasteiger partial charge is 0.227 e. The first-order valence-corrected chi connectivity index (χ1v) is 9.11. The molecule has 0 radical (unpaired) electrons. The van der Waals surface area contributed by atoms with E-state index < -0.39 is 0 Å². The molecular formula is C21H22FNO3. The van der Waals surface area contributed by atoms with Crippen LogP contribution >= 0.6 is 0 Å². The summed E-state index contributed by atoms with van der Waals surface area (Å²) >= 11 is 0. The summed E-state index contributed by atoms with van der Waals surface area (Å²) < 4.78 is 24.2. The fourth-order valence-corrected chi connectivity index (χ4v) is 3.74. The summed E-state index contributed by atoms with van der Waals surface area (Å²) in [5.41, 5.74) is 2.00. The van der Waals surface area contributed by atoms with E-state index in [1.807, 2.05) is 23.1 Å². The molecule has 4 nitrogen and oxygen atoms in total. The first-order chi connectivity index (χ1) is 12.7. The van der Waals surface area contributed by atoms with Gasteiger partial charge in [-0.25, -0.2) is 4.39 Å². The van der Waals surface area contributed by atoms with Crippen molar-refractivity contribution in [3.63, 3.8) is 0 Å². The summed E-state index contributed by atoms with van der Waals surface area (Å²) in [7, 11) is 0. The lowest BCUT2D eigenvalue weighted by molar-refractivity contribution is -0.131. The zero-order chi connectivity index (χ0) is 17.9. The molecule has 5 heteroatoms. The van der Waals surface area contributed by atoms with Crippen LogP contribution in [0.4, 0.5) is 4.39 Å². The molecule has 0 aliphatic carbocycles. The predicted octanol–water partition coefficient (Wildman–Crippen LogP) is 3.37. The molecule has 1 atom stereocenters. The van der Waals surface area contributed by atoms with Gasteiger partial charge in [0.25, 0.3) is 0 Å². The molecular weight excluding hydrogens is 333 g/mol. The lowest BCUT2D eigenvalue weighted by Crippen LogP contribution is -2.37. The van der Waals surface area contributed by atoms with E-state index in [0.29, 0.717) is 25.4 Å². The van der Waals surface area contributed by atoms with Gasteiger partial charge >= 0.3 is 0 Å². The highest BCUT2D eigenvalue weighted by Gasteiger charge is 2.29. The Hall–Kier alpha value is -2.56. The van der Waals surface area contributed by atoms with E-state index in [1.54, 1.807) is 12.1 Å². The summed E-state index contributed by atoms with van der Waals surface area (Å²) in [6.07, 6.45) is 3.13. The van der Waals surface area contributed by atoms with Crippen molar-refractivity contribution in [2.75, 3.05) is 19.8 Å². The number of halogens is 1. The fourth-order valence-electron chi connectivity index (χ4n) is 3.74. The quantitative estimate of drug-likeness (QED) is 0.844. The second kappa shape index (κ2) is 7.36. The van der Waals surface area contributed by atoms with Gasteiger partial charge in [-0.2, -0.15) is 0 Å². The monoisotopic (exact) mass is 355 g/mol. The predicted molar refractivity (Wildman–Crippen MR) is 96.0 cm³/mol.